The first-order valence-corrected chi connectivity index (χ1v) is 17.6. The number of halogens is 3. The molecule has 2 saturated heterocycles. The predicted octanol–water partition coefficient (Wildman–Crippen LogP) is 6.12. The standard InChI is InChI=1S/C34H32ClF2N5O4S/c1-5-24(43)41-16-34(17-41)10-13-40(14-11-34)30-19-15-20(35)25-26-21(36)7-6-8-22(26)39-23-9-12-38-28(18(2)3)31(23)42(29(19)27(25)37)33(44)32(30)47(4,45)46/h5-9,12,15,18,39H,1,10-11,13-14,16-17H2,2-4H3. The van der Waals surface area contributed by atoms with Gasteiger partial charge in [0.2, 0.25) is 5.91 Å². The van der Waals surface area contributed by atoms with Crippen molar-refractivity contribution in [2.75, 3.05) is 37.3 Å². The van der Waals surface area contributed by atoms with Gasteiger partial charge >= 0.3 is 0 Å². The Balaban J connectivity index is 1.63. The zero-order chi connectivity index (χ0) is 33.6. The molecule has 2 aliphatic rings. The first-order valence-electron chi connectivity index (χ1n) is 15.3. The number of H-pyrrole nitrogens is 1. The second-order valence-electron chi connectivity index (χ2n) is 13.0. The number of carbonyl (C=O) groups excluding carboxylic acids is 1. The fourth-order valence-electron chi connectivity index (χ4n) is 7.35. The lowest BCUT2D eigenvalue weighted by Crippen LogP contribution is -2.61. The van der Waals surface area contributed by atoms with Crippen LogP contribution in [0.4, 0.5) is 14.5 Å². The van der Waals surface area contributed by atoms with Gasteiger partial charge in [-0.3, -0.25) is 19.0 Å². The van der Waals surface area contributed by atoms with Gasteiger partial charge in [0.15, 0.2) is 20.5 Å². The van der Waals surface area contributed by atoms with E-state index in [9.17, 15) is 18.0 Å². The van der Waals surface area contributed by atoms with E-state index in [0.717, 1.165) is 10.7 Å². The third-order valence-electron chi connectivity index (χ3n) is 9.59. The van der Waals surface area contributed by atoms with E-state index in [-0.39, 0.29) is 60.7 Å². The number of sulfone groups is 1. The first kappa shape index (κ1) is 31.3. The van der Waals surface area contributed by atoms with Crippen molar-refractivity contribution in [2.24, 2.45) is 5.41 Å². The third-order valence-corrected chi connectivity index (χ3v) is 11.0. The quantitative estimate of drug-likeness (QED) is 0.230. The monoisotopic (exact) mass is 679 g/mol. The van der Waals surface area contributed by atoms with Crippen LogP contribution < -0.4 is 10.5 Å². The fourth-order valence-corrected chi connectivity index (χ4v) is 8.64. The number of benzene rings is 2. The molecule has 2 bridgehead atoms. The van der Waals surface area contributed by atoms with Gasteiger partial charge in [-0.2, -0.15) is 0 Å². The molecule has 0 atom stereocenters. The summed E-state index contributed by atoms with van der Waals surface area (Å²) in [4.78, 5) is 37.6. The highest BCUT2D eigenvalue weighted by Crippen LogP contribution is 2.45. The number of aromatic amines is 1. The van der Waals surface area contributed by atoms with Crippen LogP contribution in [0, 0.1) is 17.0 Å². The number of nitrogens with zero attached hydrogens (tertiary/aromatic N) is 4. The molecular formula is C34H32ClF2N5O4S. The number of rotatable bonds is 4. The molecule has 0 aliphatic carbocycles. The maximum absolute atomic E-state index is 17.3. The van der Waals surface area contributed by atoms with Crippen molar-refractivity contribution in [3.8, 4) is 0 Å². The van der Waals surface area contributed by atoms with Gasteiger partial charge in [0.1, 0.15) is 5.82 Å². The van der Waals surface area contributed by atoms with E-state index in [1.165, 1.54) is 30.5 Å². The summed E-state index contributed by atoms with van der Waals surface area (Å²) in [5.41, 5.74) is -0.168. The SMILES string of the molecule is C=CC(=O)N1CC2(CCN(c3c(S(C)(=O)=O)c(=O)n4c5c(C(C)C)nccc5[nH]c5cccc(F)c5c5c(Cl)cc3c4c5F)CC2)C1. The number of hydrogen-bond acceptors (Lipinski definition) is 6. The molecule has 2 aromatic carbocycles. The molecule has 9 nitrogen and oxygen atoms in total. The average molecular weight is 680 g/mol. The summed E-state index contributed by atoms with van der Waals surface area (Å²) in [6.07, 6.45) is 4.99. The van der Waals surface area contributed by atoms with E-state index in [1.54, 1.807) is 21.9 Å². The van der Waals surface area contributed by atoms with Crippen molar-refractivity contribution in [1.29, 1.82) is 0 Å². The van der Waals surface area contributed by atoms with Crippen LogP contribution >= 0.6 is 11.6 Å². The molecule has 244 valence electrons. The van der Waals surface area contributed by atoms with Gasteiger partial charge in [-0.15, -0.1) is 0 Å². The lowest BCUT2D eigenvalue weighted by Gasteiger charge is -2.54. The lowest BCUT2D eigenvalue weighted by atomic mass is 9.72. The zero-order valence-corrected chi connectivity index (χ0v) is 27.6. The molecule has 0 unspecified atom stereocenters. The number of hydrogen-bond donors (Lipinski definition) is 1. The van der Waals surface area contributed by atoms with E-state index in [0.29, 0.717) is 50.2 Å². The van der Waals surface area contributed by atoms with Crippen LogP contribution in [0.1, 0.15) is 38.3 Å². The summed E-state index contributed by atoms with van der Waals surface area (Å²) in [5, 5.41) is -0.414. The third kappa shape index (κ3) is 4.75. The summed E-state index contributed by atoms with van der Waals surface area (Å²) in [7, 11) is -4.22. The Kier molecular flexibility index (Phi) is 7.25. The van der Waals surface area contributed by atoms with Crippen LogP contribution in [-0.2, 0) is 14.6 Å². The molecule has 1 amide bonds. The van der Waals surface area contributed by atoms with E-state index in [2.05, 4.69) is 16.5 Å². The molecular weight excluding hydrogens is 648 g/mol. The second kappa shape index (κ2) is 10.9. The predicted molar refractivity (Wildman–Crippen MR) is 180 cm³/mol. The molecule has 1 N–H and O–H groups in total. The highest BCUT2D eigenvalue weighted by atomic mass is 35.5. The van der Waals surface area contributed by atoms with Crippen LogP contribution in [0.25, 0.3) is 38.2 Å². The Hall–Kier alpha value is -4.29. The molecule has 0 radical (unpaired) electrons. The summed E-state index contributed by atoms with van der Waals surface area (Å²) in [6, 6.07) is 7.27. The molecule has 13 heteroatoms. The molecule has 47 heavy (non-hydrogen) atoms. The Morgan fingerprint density at radius 2 is 1.81 bits per heavy atom. The van der Waals surface area contributed by atoms with E-state index < -0.39 is 31.9 Å². The summed E-state index contributed by atoms with van der Waals surface area (Å²) in [6.45, 7) is 9.08. The summed E-state index contributed by atoms with van der Waals surface area (Å²) < 4.78 is 61.3. The zero-order valence-electron chi connectivity index (χ0n) is 26.0. The normalized spacial score (nSPS) is 16.5. The number of carbonyl (C=O) groups is 1. The Morgan fingerprint density at radius 1 is 1.11 bits per heavy atom. The minimum Gasteiger partial charge on any atom is -0.370 e. The van der Waals surface area contributed by atoms with Crippen LogP contribution in [0.2, 0.25) is 5.02 Å². The van der Waals surface area contributed by atoms with E-state index in [1.807, 2.05) is 13.8 Å². The number of fused-ring (bicyclic) bond motifs is 5. The first-order chi connectivity index (χ1) is 22.3. The minimum absolute atomic E-state index is 0.0572. The van der Waals surface area contributed by atoms with Crippen molar-refractivity contribution in [3.05, 3.63) is 81.9 Å². The molecule has 2 fully saturated rings. The molecule has 1 spiro atoms. The number of anilines is 1. The topological polar surface area (TPSA) is 108 Å². The van der Waals surface area contributed by atoms with Gasteiger partial charge in [-0.05, 0) is 49.1 Å². The summed E-state index contributed by atoms with van der Waals surface area (Å²) >= 11 is 6.82. The van der Waals surface area contributed by atoms with Crippen molar-refractivity contribution in [3.63, 3.8) is 0 Å². The number of piperidine rings is 1. The van der Waals surface area contributed by atoms with Crippen LogP contribution in [0.5, 0.6) is 0 Å². The van der Waals surface area contributed by atoms with Crippen LogP contribution in [0.15, 0.2) is 58.9 Å². The maximum atomic E-state index is 17.3. The number of nitrogens with one attached hydrogen (secondary N) is 1. The molecule has 2 aliphatic heterocycles. The molecule has 3 aromatic heterocycles. The molecule has 5 heterocycles. The van der Waals surface area contributed by atoms with E-state index >= 15 is 8.78 Å². The van der Waals surface area contributed by atoms with Gasteiger partial charge in [-0.1, -0.05) is 38.1 Å². The molecule has 0 saturated carbocycles. The molecule has 7 rings (SSSR count). The van der Waals surface area contributed by atoms with Crippen molar-refractivity contribution in [2.45, 2.75) is 37.5 Å². The fraction of sp³-hybridized carbons (Fsp3) is 0.324. The second-order valence-corrected chi connectivity index (χ2v) is 15.3. The van der Waals surface area contributed by atoms with Crippen molar-refractivity contribution < 1.29 is 22.0 Å². The number of pyridine rings is 2. The number of amides is 1. The Bertz CT molecular complexity index is 2390. The van der Waals surface area contributed by atoms with Crippen LogP contribution in [0.3, 0.4) is 0 Å². The maximum Gasteiger partial charge on any atom is 0.276 e. The van der Waals surface area contributed by atoms with E-state index in [4.69, 9.17) is 11.6 Å². The van der Waals surface area contributed by atoms with Gasteiger partial charge < -0.3 is 14.8 Å². The van der Waals surface area contributed by atoms with Gasteiger partial charge in [-0.25, -0.2) is 17.2 Å². The highest BCUT2D eigenvalue weighted by Gasteiger charge is 2.47. The highest BCUT2D eigenvalue weighted by molar-refractivity contribution is 7.90. The molecule has 5 aromatic rings. The smallest absolute Gasteiger partial charge is 0.276 e. The van der Waals surface area contributed by atoms with Crippen molar-refractivity contribution in [1.82, 2.24) is 19.3 Å². The Morgan fingerprint density at radius 3 is 2.45 bits per heavy atom. The van der Waals surface area contributed by atoms with Gasteiger partial charge in [0.05, 0.1) is 33.0 Å². The Labute approximate surface area is 274 Å². The van der Waals surface area contributed by atoms with Gasteiger partial charge in [0.25, 0.3) is 5.56 Å². The van der Waals surface area contributed by atoms with Gasteiger partial charge in [0, 0.05) is 65.7 Å². The lowest BCUT2D eigenvalue weighted by molar-refractivity contribution is -0.139. The average Bonchev–Trinajstić information content (AvgIpc) is 3.03. The van der Waals surface area contributed by atoms with Crippen LogP contribution in [-0.4, -0.2) is 66.0 Å². The minimum atomic E-state index is -4.22. The number of likely N-dealkylation sites (tertiary alicyclic amines) is 1. The van der Waals surface area contributed by atoms with Crippen molar-refractivity contribution >= 4 is 71.3 Å². The summed E-state index contributed by atoms with van der Waals surface area (Å²) in [5.74, 6) is -2.11. The number of aromatic nitrogens is 3. The largest absolute Gasteiger partial charge is 0.370 e.